The van der Waals surface area contributed by atoms with Gasteiger partial charge in [0.25, 0.3) is 5.91 Å². The Kier molecular flexibility index (Phi) is 6.52. The predicted molar refractivity (Wildman–Crippen MR) is 120 cm³/mol. The number of sulfonamides is 1. The van der Waals surface area contributed by atoms with Crippen LogP contribution in [0.4, 0.5) is 5.69 Å². The van der Waals surface area contributed by atoms with Gasteiger partial charge in [-0.25, -0.2) is 18.1 Å². The summed E-state index contributed by atoms with van der Waals surface area (Å²) in [7, 11) is -2.26. The molecule has 2 aromatic carbocycles. The molecule has 1 aliphatic rings. The molecule has 1 saturated heterocycles. The Labute approximate surface area is 187 Å². The van der Waals surface area contributed by atoms with Crippen LogP contribution in [0.15, 0.2) is 60.0 Å². The van der Waals surface area contributed by atoms with Gasteiger partial charge >= 0.3 is 0 Å². The molecule has 1 fully saturated rings. The second-order valence-corrected chi connectivity index (χ2v) is 9.43. The standard InChI is InChI=1S/C22H25N5O4S/c1-31-21-11-10-17(32(29,30)26-12-6-2-3-7-13-26)14-18(21)22(28)25-19-8-4-5-9-20(19)27-16-23-15-24-27/h4-5,8-11,14-16H,2-3,6-7,12-13H2,1H3,(H,25,28). The number of para-hydroxylation sites is 2. The van der Waals surface area contributed by atoms with Gasteiger partial charge in [0.15, 0.2) is 0 Å². The average Bonchev–Trinajstić information content (AvgIpc) is 3.20. The normalized spacial score (nSPS) is 15.2. The van der Waals surface area contributed by atoms with Crippen LogP contribution in [0.2, 0.25) is 0 Å². The van der Waals surface area contributed by atoms with Crippen LogP contribution in [0.3, 0.4) is 0 Å². The smallest absolute Gasteiger partial charge is 0.259 e. The zero-order chi connectivity index (χ0) is 22.6. The van der Waals surface area contributed by atoms with Gasteiger partial charge < -0.3 is 10.1 Å². The van der Waals surface area contributed by atoms with Crippen molar-refractivity contribution in [3.63, 3.8) is 0 Å². The summed E-state index contributed by atoms with van der Waals surface area (Å²) in [5.74, 6) is -0.196. The van der Waals surface area contributed by atoms with E-state index in [1.165, 1.54) is 47.0 Å². The molecule has 0 spiro atoms. The fraction of sp³-hybridized carbons (Fsp3) is 0.318. The summed E-state index contributed by atoms with van der Waals surface area (Å²) in [4.78, 5) is 17.2. The van der Waals surface area contributed by atoms with Crippen molar-refractivity contribution < 1.29 is 17.9 Å². The number of rotatable bonds is 6. The molecule has 3 aromatic rings. The second-order valence-electron chi connectivity index (χ2n) is 7.49. The Bertz CT molecular complexity index is 1190. The number of methoxy groups -OCH3 is 1. The summed E-state index contributed by atoms with van der Waals surface area (Å²) in [6.45, 7) is 0.975. The number of hydrogen-bond donors (Lipinski definition) is 1. The number of benzene rings is 2. The first kappa shape index (κ1) is 22.0. The topological polar surface area (TPSA) is 106 Å². The molecule has 10 heteroatoms. The minimum Gasteiger partial charge on any atom is -0.496 e. The molecule has 1 N–H and O–H groups in total. The number of carbonyl (C=O) groups is 1. The van der Waals surface area contributed by atoms with Crippen LogP contribution in [-0.4, -0.2) is 53.6 Å². The number of nitrogens with one attached hydrogen (secondary N) is 1. The second kappa shape index (κ2) is 9.49. The van der Waals surface area contributed by atoms with Crippen LogP contribution in [0, 0.1) is 0 Å². The molecule has 168 valence electrons. The van der Waals surface area contributed by atoms with Crippen molar-refractivity contribution in [1.29, 1.82) is 0 Å². The van der Waals surface area contributed by atoms with Gasteiger partial charge in [-0.05, 0) is 43.2 Å². The van der Waals surface area contributed by atoms with Gasteiger partial charge in [-0.2, -0.15) is 9.40 Å². The van der Waals surface area contributed by atoms with E-state index in [0.29, 0.717) is 24.5 Å². The number of hydrogen-bond acceptors (Lipinski definition) is 6. The number of nitrogens with zero attached hydrogens (tertiary/aromatic N) is 4. The lowest BCUT2D eigenvalue weighted by molar-refractivity contribution is 0.102. The zero-order valence-corrected chi connectivity index (χ0v) is 18.6. The van der Waals surface area contributed by atoms with E-state index in [2.05, 4.69) is 15.4 Å². The predicted octanol–water partition coefficient (Wildman–Crippen LogP) is 3.09. The number of anilines is 1. The van der Waals surface area contributed by atoms with E-state index in [1.54, 1.807) is 18.2 Å². The SMILES string of the molecule is COc1ccc(S(=O)(=O)N2CCCCCC2)cc1C(=O)Nc1ccccc1-n1cncn1. The molecule has 4 rings (SSSR count). The van der Waals surface area contributed by atoms with Crippen LogP contribution >= 0.6 is 0 Å². The van der Waals surface area contributed by atoms with Crippen LogP contribution in [-0.2, 0) is 10.0 Å². The van der Waals surface area contributed by atoms with E-state index in [4.69, 9.17) is 4.74 Å². The molecule has 0 unspecified atom stereocenters. The summed E-state index contributed by atoms with van der Waals surface area (Å²) in [6, 6.07) is 11.5. The average molecular weight is 456 g/mol. The molecular formula is C22H25N5O4S. The summed E-state index contributed by atoms with van der Waals surface area (Å²) >= 11 is 0. The fourth-order valence-electron chi connectivity index (χ4n) is 3.76. The summed E-state index contributed by atoms with van der Waals surface area (Å²) in [6.07, 6.45) is 6.64. The van der Waals surface area contributed by atoms with Gasteiger partial charge in [-0.3, -0.25) is 4.79 Å². The van der Waals surface area contributed by atoms with Crippen LogP contribution in [0.25, 0.3) is 5.69 Å². The van der Waals surface area contributed by atoms with Crippen LogP contribution in [0.5, 0.6) is 5.75 Å². The van der Waals surface area contributed by atoms with Gasteiger partial charge in [0.05, 0.1) is 28.9 Å². The third-order valence-corrected chi connectivity index (χ3v) is 7.33. The molecule has 1 amide bonds. The minimum absolute atomic E-state index is 0.0786. The Morgan fingerprint density at radius 2 is 1.81 bits per heavy atom. The molecular weight excluding hydrogens is 430 g/mol. The number of amides is 1. The molecule has 0 bridgehead atoms. The Morgan fingerprint density at radius 1 is 1.06 bits per heavy atom. The largest absolute Gasteiger partial charge is 0.496 e. The monoisotopic (exact) mass is 455 g/mol. The first-order valence-electron chi connectivity index (χ1n) is 10.4. The molecule has 1 aromatic heterocycles. The number of ether oxygens (including phenoxy) is 1. The maximum absolute atomic E-state index is 13.2. The van der Waals surface area contributed by atoms with Crippen molar-refractivity contribution in [1.82, 2.24) is 19.1 Å². The quantitative estimate of drug-likeness (QED) is 0.612. The van der Waals surface area contributed by atoms with Gasteiger partial charge in [-0.15, -0.1) is 0 Å². The van der Waals surface area contributed by atoms with Gasteiger partial charge in [0, 0.05) is 13.1 Å². The van der Waals surface area contributed by atoms with Crippen molar-refractivity contribution in [2.45, 2.75) is 30.6 Å². The Hall–Kier alpha value is -3.24. The Balaban J connectivity index is 1.66. The van der Waals surface area contributed by atoms with E-state index in [-0.39, 0.29) is 16.2 Å². The Morgan fingerprint density at radius 3 is 2.50 bits per heavy atom. The maximum Gasteiger partial charge on any atom is 0.259 e. The molecule has 1 aliphatic heterocycles. The lowest BCUT2D eigenvalue weighted by Crippen LogP contribution is -2.32. The first-order valence-corrected chi connectivity index (χ1v) is 11.9. The van der Waals surface area contributed by atoms with Crippen LogP contribution in [0.1, 0.15) is 36.0 Å². The van der Waals surface area contributed by atoms with Gasteiger partial charge in [0.2, 0.25) is 10.0 Å². The van der Waals surface area contributed by atoms with E-state index in [9.17, 15) is 13.2 Å². The third kappa shape index (κ3) is 4.51. The molecule has 0 atom stereocenters. The highest BCUT2D eigenvalue weighted by Crippen LogP contribution is 2.28. The molecule has 2 heterocycles. The van der Waals surface area contributed by atoms with E-state index < -0.39 is 15.9 Å². The van der Waals surface area contributed by atoms with E-state index in [0.717, 1.165) is 25.7 Å². The molecule has 9 nitrogen and oxygen atoms in total. The van der Waals surface area contributed by atoms with Crippen molar-refractivity contribution in [2.75, 3.05) is 25.5 Å². The molecule has 0 saturated carbocycles. The third-order valence-electron chi connectivity index (χ3n) is 5.44. The first-order chi connectivity index (χ1) is 15.5. The van der Waals surface area contributed by atoms with Gasteiger partial charge in [0.1, 0.15) is 18.4 Å². The highest BCUT2D eigenvalue weighted by atomic mass is 32.2. The molecule has 32 heavy (non-hydrogen) atoms. The van der Waals surface area contributed by atoms with Crippen molar-refractivity contribution in [2.24, 2.45) is 0 Å². The summed E-state index contributed by atoms with van der Waals surface area (Å²) in [5, 5.41) is 6.95. The lowest BCUT2D eigenvalue weighted by atomic mass is 10.1. The number of aromatic nitrogens is 3. The lowest BCUT2D eigenvalue weighted by Gasteiger charge is -2.21. The van der Waals surface area contributed by atoms with Crippen molar-refractivity contribution >= 4 is 21.6 Å². The molecule has 0 aliphatic carbocycles. The fourth-order valence-corrected chi connectivity index (χ4v) is 5.30. The highest BCUT2D eigenvalue weighted by Gasteiger charge is 2.27. The molecule has 0 radical (unpaired) electrons. The summed E-state index contributed by atoms with van der Waals surface area (Å²) in [5.41, 5.74) is 1.27. The highest BCUT2D eigenvalue weighted by molar-refractivity contribution is 7.89. The van der Waals surface area contributed by atoms with Crippen molar-refractivity contribution in [3.8, 4) is 11.4 Å². The van der Waals surface area contributed by atoms with Crippen LogP contribution < -0.4 is 10.1 Å². The minimum atomic E-state index is -3.71. The van der Waals surface area contributed by atoms with Crippen molar-refractivity contribution in [3.05, 3.63) is 60.7 Å². The number of carbonyl (C=O) groups excluding carboxylic acids is 1. The zero-order valence-electron chi connectivity index (χ0n) is 17.8. The summed E-state index contributed by atoms with van der Waals surface area (Å²) < 4.78 is 34.8. The van der Waals surface area contributed by atoms with Gasteiger partial charge in [-0.1, -0.05) is 25.0 Å². The maximum atomic E-state index is 13.2. The van der Waals surface area contributed by atoms with E-state index >= 15 is 0 Å². The van der Waals surface area contributed by atoms with E-state index in [1.807, 2.05) is 6.07 Å².